The van der Waals surface area contributed by atoms with Crippen molar-refractivity contribution in [3.05, 3.63) is 17.6 Å². The van der Waals surface area contributed by atoms with Crippen LogP contribution in [0.5, 0.6) is 0 Å². The molecule has 0 aliphatic carbocycles. The molecule has 0 aromatic carbocycles. The highest BCUT2D eigenvalue weighted by Gasteiger charge is 2.54. The van der Waals surface area contributed by atoms with Crippen LogP contribution in [0.1, 0.15) is 45.0 Å². The molecular formula is C20H27N5O3S. The lowest BCUT2D eigenvalue weighted by molar-refractivity contribution is -0.137. The lowest BCUT2D eigenvalue weighted by Gasteiger charge is -2.32. The third-order valence-corrected chi connectivity index (χ3v) is 6.03. The van der Waals surface area contributed by atoms with Gasteiger partial charge in [0.2, 0.25) is 5.82 Å². The molecule has 2 fully saturated rings. The first kappa shape index (κ1) is 21.4. The van der Waals surface area contributed by atoms with Gasteiger partial charge in [0.25, 0.3) is 5.91 Å². The zero-order valence-electron chi connectivity index (χ0n) is 17.4. The number of anilines is 1. The van der Waals surface area contributed by atoms with Crippen molar-refractivity contribution in [2.24, 2.45) is 5.41 Å². The number of thioether (sulfide) groups is 1. The van der Waals surface area contributed by atoms with Gasteiger partial charge in [-0.2, -0.15) is 17.0 Å². The number of hydrogen-bond donors (Lipinski definition) is 0. The Labute approximate surface area is 175 Å². The minimum absolute atomic E-state index is 0.0540. The molecule has 1 spiro atoms. The van der Waals surface area contributed by atoms with E-state index in [1.54, 1.807) is 18.0 Å². The predicted octanol–water partition coefficient (Wildman–Crippen LogP) is 2.75. The average molecular weight is 418 g/mol. The largest absolute Gasteiger partial charge is 0.432 e. The van der Waals surface area contributed by atoms with Crippen LogP contribution in [-0.4, -0.2) is 63.6 Å². The number of aromatic nitrogens is 2. The summed E-state index contributed by atoms with van der Waals surface area (Å²) in [5.41, 5.74) is -0.193. The van der Waals surface area contributed by atoms with Crippen molar-refractivity contribution < 1.29 is 14.3 Å². The summed E-state index contributed by atoms with van der Waals surface area (Å²) >= 11 is 1.78. The first-order valence-electron chi connectivity index (χ1n) is 9.77. The number of hydrogen-bond acceptors (Lipinski definition) is 8. The van der Waals surface area contributed by atoms with E-state index in [1.807, 2.05) is 17.9 Å². The van der Waals surface area contributed by atoms with Gasteiger partial charge in [-0.15, -0.1) is 0 Å². The lowest BCUT2D eigenvalue weighted by Crippen LogP contribution is -2.46. The van der Waals surface area contributed by atoms with Crippen molar-refractivity contribution in [3.8, 4) is 6.07 Å². The average Bonchev–Trinajstić information content (AvgIpc) is 2.88. The predicted molar refractivity (Wildman–Crippen MR) is 111 cm³/mol. The molecule has 2 aliphatic rings. The van der Waals surface area contributed by atoms with E-state index in [2.05, 4.69) is 30.7 Å². The second kappa shape index (κ2) is 8.19. The number of aryl methyl sites for hydroxylation is 1. The van der Waals surface area contributed by atoms with Crippen molar-refractivity contribution >= 4 is 29.6 Å². The molecule has 1 aromatic rings. The van der Waals surface area contributed by atoms with E-state index >= 15 is 0 Å². The van der Waals surface area contributed by atoms with Gasteiger partial charge < -0.3 is 9.64 Å². The molecule has 2 amide bonds. The highest BCUT2D eigenvalue weighted by atomic mass is 32.2. The van der Waals surface area contributed by atoms with Crippen LogP contribution >= 0.6 is 11.8 Å². The fourth-order valence-corrected chi connectivity index (χ4v) is 4.82. The molecule has 2 aliphatic heterocycles. The van der Waals surface area contributed by atoms with Crippen molar-refractivity contribution in [3.63, 3.8) is 0 Å². The molecule has 8 nitrogen and oxygen atoms in total. The summed E-state index contributed by atoms with van der Waals surface area (Å²) in [7, 11) is 0. The summed E-state index contributed by atoms with van der Waals surface area (Å²) in [6.07, 6.45) is 2.21. The summed E-state index contributed by atoms with van der Waals surface area (Å²) in [4.78, 5) is 37.1. The van der Waals surface area contributed by atoms with Gasteiger partial charge >= 0.3 is 6.09 Å². The number of carbonyl (C=O) groups is 2. The van der Waals surface area contributed by atoms with Gasteiger partial charge in [0.05, 0.1) is 0 Å². The van der Waals surface area contributed by atoms with Crippen molar-refractivity contribution in [1.82, 2.24) is 14.9 Å². The van der Waals surface area contributed by atoms with E-state index in [-0.39, 0.29) is 23.7 Å². The summed E-state index contributed by atoms with van der Waals surface area (Å²) in [5.74, 6) is 2.16. The monoisotopic (exact) mass is 417 g/mol. The molecule has 0 N–H and O–H groups in total. The second-order valence-electron chi connectivity index (χ2n) is 8.73. The van der Waals surface area contributed by atoms with Crippen LogP contribution in [0.3, 0.4) is 0 Å². The maximum atomic E-state index is 13.0. The van der Waals surface area contributed by atoms with Gasteiger partial charge in [-0.05, 0) is 23.8 Å². The Morgan fingerprint density at radius 1 is 1.34 bits per heavy atom. The molecule has 0 saturated carbocycles. The number of imide groups is 1. The molecule has 0 atom stereocenters. The smallest absolute Gasteiger partial charge is 0.417 e. The zero-order valence-corrected chi connectivity index (χ0v) is 18.2. The molecule has 2 saturated heterocycles. The molecule has 3 rings (SSSR count). The highest BCUT2D eigenvalue weighted by molar-refractivity contribution is 7.99. The van der Waals surface area contributed by atoms with Crippen LogP contribution in [0.2, 0.25) is 0 Å². The molecule has 3 heterocycles. The molecule has 156 valence electrons. The topological polar surface area (TPSA) is 99.4 Å². The molecular weight excluding hydrogens is 390 g/mol. The molecule has 1 aromatic heterocycles. The van der Waals surface area contributed by atoms with Gasteiger partial charge in [-0.1, -0.05) is 20.8 Å². The Morgan fingerprint density at radius 3 is 2.66 bits per heavy atom. The van der Waals surface area contributed by atoms with Crippen molar-refractivity contribution in [1.29, 1.82) is 5.26 Å². The minimum atomic E-state index is -0.976. The quantitative estimate of drug-likeness (QED) is 0.721. The molecule has 29 heavy (non-hydrogen) atoms. The number of rotatable bonds is 5. The number of nitriles is 1. The number of amides is 2. The SMILES string of the molecule is Cc1cnc(C#N)nc1N(CCN1C(=O)OC2(CCSCC2)C1=O)CC(C)(C)C. The van der Waals surface area contributed by atoms with E-state index in [0.29, 0.717) is 31.7 Å². The normalized spacial score (nSPS) is 18.7. The van der Waals surface area contributed by atoms with Crippen LogP contribution in [0.15, 0.2) is 6.20 Å². The summed E-state index contributed by atoms with van der Waals surface area (Å²) in [5, 5.41) is 9.17. The van der Waals surface area contributed by atoms with E-state index in [4.69, 9.17) is 4.74 Å². The van der Waals surface area contributed by atoms with Crippen LogP contribution in [0.25, 0.3) is 0 Å². The van der Waals surface area contributed by atoms with E-state index in [1.165, 1.54) is 4.90 Å². The maximum absolute atomic E-state index is 13.0. The Balaban J connectivity index is 1.80. The van der Waals surface area contributed by atoms with E-state index in [0.717, 1.165) is 17.1 Å². The minimum Gasteiger partial charge on any atom is -0.432 e. The Kier molecular flexibility index (Phi) is 6.03. The summed E-state index contributed by atoms with van der Waals surface area (Å²) < 4.78 is 5.55. The first-order valence-corrected chi connectivity index (χ1v) is 10.9. The third kappa shape index (κ3) is 4.64. The number of nitrogens with zero attached hydrogens (tertiary/aromatic N) is 5. The first-order chi connectivity index (χ1) is 13.6. The standard InChI is InChI=1S/C20H27N5O3S/c1-14-12-22-15(11-21)23-16(14)24(13-19(2,3)4)7-8-25-17(26)20(28-18(25)27)5-9-29-10-6-20/h12H,5-10,13H2,1-4H3. The summed E-state index contributed by atoms with van der Waals surface area (Å²) in [6, 6.07) is 1.97. The fraction of sp³-hybridized carbons (Fsp3) is 0.650. The van der Waals surface area contributed by atoms with Gasteiger partial charge in [-0.3, -0.25) is 4.79 Å². The number of carbonyl (C=O) groups excluding carboxylic acids is 2. The molecule has 9 heteroatoms. The Bertz CT molecular complexity index is 839. The zero-order chi connectivity index (χ0) is 21.2. The Morgan fingerprint density at radius 2 is 2.03 bits per heavy atom. The second-order valence-corrected chi connectivity index (χ2v) is 9.95. The van der Waals surface area contributed by atoms with Gasteiger partial charge in [0, 0.05) is 44.2 Å². The van der Waals surface area contributed by atoms with Crippen molar-refractivity contribution in [2.75, 3.05) is 36.0 Å². The Hall–Kier alpha value is -2.34. The third-order valence-electron chi connectivity index (χ3n) is 5.04. The highest BCUT2D eigenvalue weighted by Crippen LogP contribution is 2.37. The lowest BCUT2D eigenvalue weighted by atomic mass is 9.95. The molecule has 0 unspecified atom stereocenters. The van der Waals surface area contributed by atoms with Crippen molar-refractivity contribution in [2.45, 2.75) is 46.1 Å². The van der Waals surface area contributed by atoms with Gasteiger partial charge in [0.1, 0.15) is 11.9 Å². The number of ether oxygens (including phenoxy) is 1. The van der Waals surface area contributed by atoms with Crippen LogP contribution < -0.4 is 4.90 Å². The van der Waals surface area contributed by atoms with E-state index < -0.39 is 11.7 Å². The van der Waals surface area contributed by atoms with Gasteiger partial charge in [0.15, 0.2) is 5.60 Å². The maximum Gasteiger partial charge on any atom is 0.417 e. The fourth-order valence-electron chi connectivity index (χ4n) is 3.66. The summed E-state index contributed by atoms with van der Waals surface area (Å²) in [6.45, 7) is 9.47. The van der Waals surface area contributed by atoms with Crippen LogP contribution in [0, 0.1) is 23.7 Å². The molecule has 0 radical (unpaired) electrons. The molecule has 0 bridgehead atoms. The van der Waals surface area contributed by atoms with E-state index in [9.17, 15) is 14.9 Å². The van der Waals surface area contributed by atoms with Crippen LogP contribution in [-0.2, 0) is 9.53 Å². The van der Waals surface area contributed by atoms with Crippen LogP contribution in [0.4, 0.5) is 10.6 Å². The van der Waals surface area contributed by atoms with Gasteiger partial charge in [-0.25, -0.2) is 19.7 Å².